The highest BCUT2D eigenvalue weighted by Crippen LogP contribution is 2.30. The van der Waals surface area contributed by atoms with Gasteiger partial charge in [-0.05, 0) is 6.07 Å². The Morgan fingerprint density at radius 3 is 2.40 bits per heavy atom. The van der Waals surface area contributed by atoms with Crippen LogP contribution in [0.25, 0.3) is 0 Å². The number of fused-ring (bicyclic) bond motifs is 1. The van der Waals surface area contributed by atoms with E-state index in [-0.39, 0.29) is 36.8 Å². The van der Waals surface area contributed by atoms with Gasteiger partial charge in [0.25, 0.3) is 5.91 Å². The number of carbonyl (C=O) groups excluding carboxylic acids is 1. The number of rotatable bonds is 1. The summed E-state index contributed by atoms with van der Waals surface area (Å²) in [6.07, 6.45) is -4.55. The fraction of sp³-hybridized carbons (Fsp3) is 0.600. The van der Waals surface area contributed by atoms with E-state index in [1.165, 1.54) is 9.58 Å². The van der Waals surface area contributed by atoms with E-state index in [0.29, 0.717) is 5.69 Å². The van der Waals surface area contributed by atoms with Crippen molar-refractivity contribution in [3.8, 4) is 0 Å². The van der Waals surface area contributed by atoms with Crippen molar-refractivity contribution < 1.29 is 18.0 Å². The number of halogens is 3. The van der Waals surface area contributed by atoms with Gasteiger partial charge in [0.05, 0.1) is 12.2 Å². The molecule has 0 spiro atoms. The van der Waals surface area contributed by atoms with Gasteiger partial charge in [-0.25, -0.2) is 0 Å². The zero-order chi connectivity index (χ0) is 18.6. The van der Waals surface area contributed by atoms with Gasteiger partial charge in [0.2, 0.25) is 5.82 Å². The smallest absolute Gasteiger partial charge is 0.328 e. The molecule has 3 rings (SSSR count). The summed E-state index contributed by atoms with van der Waals surface area (Å²) >= 11 is 0. The van der Waals surface area contributed by atoms with Crippen LogP contribution in [0.1, 0.15) is 48.6 Å². The maximum atomic E-state index is 12.9. The van der Waals surface area contributed by atoms with E-state index >= 15 is 0 Å². The first-order valence-electron chi connectivity index (χ1n) is 7.81. The van der Waals surface area contributed by atoms with E-state index in [2.05, 4.69) is 15.3 Å². The van der Waals surface area contributed by atoms with Crippen LogP contribution in [-0.4, -0.2) is 41.9 Å². The second-order valence-corrected chi connectivity index (χ2v) is 7.10. The molecule has 136 valence electrons. The fourth-order valence-corrected chi connectivity index (χ4v) is 2.74. The molecule has 0 fully saturated rings. The molecule has 0 N–H and O–H groups in total. The van der Waals surface area contributed by atoms with Crippen molar-refractivity contribution in [3.63, 3.8) is 0 Å². The summed E-state index contributed by atoms with van der Waals surface area (Å²) in [6.45, 7) is 6.12. The van der Waals surface area contributed by atoms with Crippen molar-refractivity contribution >= 4 is 5.91 Å². The summed E-state index contributed by atoms with van der Waals surface area (Å²) in [5, 5.41) is 11.2. The average Bonchev–Trinajstić information content (AvgIpc) is 3.08. The average molecular weight is 356 g/mol. The third-order valence-electron chi connectivity index (χ3n) is 4.16. The van der Waals surface area contributed by atoms with E-state index < -0.39 is 12.0 Å². The Morgan fingerprint density at radius 2 is 1.84 bits per heavy atom. The monoisotopic (exact) mass is 356 g/mol. The number of nitrogens with zero attached hydrogens (tertiary/aromatic N) is 6. The Balaban J connectivity index is 1.84. The Morgan fingerprint density at radius 1 is 1.16 bits per heavy atom. The number of aryl methyl sites for hydroxylation is 1. The van der Waals surface area contributed by atoms with Crippen molar-refractivity contribution in [2.45, 2.75) is 45.5 Å². The third kappa shape index (κ3) is 3.12. The highest BCUT2D eigenvalue weighted by Gasteiger charge is 2.40. The van der Waals surface area contributed by atoms with Gasteiger partial charge in [-0.3, -0.25) is 9.48 Å². The van der Waals surface area contributed by atoms with Gasteiger partial charge in [0.1, 0.15) is 5.69 Å². The quantitative estimate of drug-likeness (QED) is 0.784. The molecule has 0 saturated carbocycles. The van der Waals surface area contributed by atoms with Crippen LogP contribution < -0.4 is 0 Å². The van der Waals surface area contributed by atoms with Crippen LogP contribution >= 0.6 is 0 Å². The lowest BCUT2D eigenvalue weighted by molar-refractivity contribution is -0.147. The molecule has 0 unspecified atom stereocenters. The van der Waals surface area contributed by atoms with Gasteiger partial charge in [-0.1, -0.05) is 20.8 Å². The number of amides is 1. The van der Waals surface area contributed by atoms with Crippen LogP contribution in [0.3, 0.4) is 0 Å². The summed E-state index contributed by atoms with van der Waals surface area (Å²) in [5.74, 6) is -1.18. The fourth-order valence-electron chi connectivity index (χ4n) is 2.74. The number of hydrogen-bond acceptors (Lipinski definition) is 4. The molecule has 0 atom stereocenters. The Bertz CT molecular complexity index is 814. The molecule has 2 aromatic heterocycles. The first kappa shape index (κ1) is 17.4. The predicted molar refractivity (Wildman–Crippen MR) is 81.7 cm³/mol. The van der Waals surface area contributed by atoms with Crippen LogP contribution in [0.2, 0.25) is 0 Å². The molecule has 0 aliphatic carbocycles. The zero-order valence-corrected chi connectivity index (χ0v) is 14.4. The van der Waals surface area contributed by atoms with Crippen molar-refractivity contribution in [1.29, 1.82) is 0 Å². The molecule has 0 aromatic carbocycles. The maximum Gasteiger partial charge on any atom is 0.451 e. The second-order valence-electron chi connectivity index (χ2n) is 7.10. The van der Waals surface area contributed by atoms with E-state index in [9.17, 15) is 18.0 Å². The summed E-state index contributed by atoms with van der Waals surface area (Å²) in [5.41, 5.74) is 0.965. The van der Waals surface area contributed by atoms with Gasteiger partial charge < -0.3 is 9.47 Å². The number of alkyl halides is 3. The topological polar surface area (TPSA) is 68.8 Å². The Hall–Kier alpha value is -2.39. The summed E-state index contributed by atoms with van der Waals surface area (Å²) < 4.78 is 41.2. The lowest BCUT2D eigenvalue weighted by Crippen LogP contribution is -2.40. The van der Waals surface area contributed by atoms with E-state index in [4.69, 9.17) is 0 Å². The second kappa shape index (κ2) is 5.57. The summed E-state index contributed by atoms with van der Waals surface area (Å²) in [7, 11) is 1.68. The predicted octanol–water partition coefficient (Wildman–Crippen LogP) is 1.98. The van der Waals surface area contributed by atoms with E-state index in [0.717, 1.165) is 10.3 Å². The zero-order valence-electron chi connectivity index (χ0n) is 14.4. The van der Waals surface area contributed by atoms with Gasteiger partial charge >= 0.3 is 6.18 Å². The maximum absolute atomic E-state index is 12.9. The third-order valence-corrected chi connectivity index (χ3v) is 4.16. The molecule has 7 nitrogen and oxygen atoms in total. The molecule has 3 heterocycles. The minimum Gasteiger partial charge on any atom is -0.328 e. The van der Waals surface area contributed by atoms with Crippen molar-refractivity contribution in [2.75, 3.05) is 6.54 Å². The Labute approximate surface area is 142 Å². The SMILES string of the molecule is Cn1nc(C(C)(C)C)cc1C(=O)N1CCn2c(nnc2C(F)(F)F)C1. The largest absolute Gasteiger partial charge is 0.451 e. The lowest BCUT2D eigenvalue weighted by atomic mass is 9.92. The minimum atomic E-state index is -4.55. The van der Waals surface area contributed by atoms with Crippen LogP contribution in [-0.2, 0) is 31.7 Å². The molecular formula is C15H19F3N6O. The van der Waals surface area contributed by atoms with Crippen LogP contribution in [0, 0.1) is 0 Å². The first-order chi connectivity index (χ1) is 11.5. The van der Waals surface area contributed by atoms with E-state index in [1.807, 2.05) is 20.8 Å². The molecule has 0 radical (unpaired) electrons. The van der Waals surface area contributed by atoms with E-state index in [1.54, 1.807) is 13.1 Å². The summed E-state index contributed by atoms with van der Waals surface area (Å²) in [6, 6.07) is 1.73. The first-order valence-corrected chi connectivity index (χ1v) is 7.81. The molecular weight excluding hydrogens is 337 g/mol. The normalized spacial score (nSPS) is 15.4. The number of aromatic nitrogens is 5. The highest BCUT2D eigenvalue weighted by molar-refractivity contribution is 5.92. The number of carbonyl (C=O) groups is 1. The van der Waals surface area contributed by atoms with Crippen molar-refractivity contribution in [1.82, 2.24) is 29.4 Å². The number of hydrogen-bond donors (Lipinski definition) is 0. The standard InChI is InChI=1S/C15H19F3N6O/c1-14(2,3)10-7-9(22(4)21-10)12(25)23-5-6-24-11(8-23)19-20-13(24)15(16,17)18/h7H,5-6,8H2,1-4H3. The molecule has 25 heavy (non-hydrogen) atoms. The van der Waals surface area contributed by atoms with Gasteiger partial charge in [0, 0.05) is 25.6 Å². The molecule has 0 bridgehead atoms. The molecule has 0 saturated heterocycles. The summed E-state index contributed by atoms with van der Waals surface area (Å²) in [4.78, 5) is 14.2. The lowest BCUT2D eigenvalue weighted by Gasteiger charge is -2.27. The van der Waals surface area contributed by atoms with Crippen LogP contribution in [0.5, 0.6) is 0 Å². The molecule has 2 aromatic rings. The van der Waals surface area contributed by atoms with Crippen molar-refractivity contribution in [3.05, 3.63) is 29.1 Å². The van der Waals surface area contributed by atoms with Crippen molar-refractivity contribution in [2.24, 2.45) is 7.05 Å². The molecule has 1 aliphatic rings. The minimum absolute atomic E-state index is 0.00684. The Kier molecular flexibility index (Phi) is 3.88. The molecule has 1 amide bonds. The molecule has 1 aliphatic heterocycles. The molecule has 10 heteroatoms. The van der Waals surface area contributed by atoms with Gasteiger partial charge in [0.15, 0.2) is 5.82 Å². The van der Waals surface area contributed by atoms with Gasteiger partial charge in [-0.15, -0.1) is 10.2 Å². The van der Waals surface area contributed by atoms with Crippen LogP contribution in [0.4, 0.5) is 13.2 Å². The highest BCUT2D eigenvalue weighted by atomic mass is 19.4. The van der Waals surface area contributed by atoms with Gasteiger partial charge in [-0.2, -0.15) is 18.3 Å². The van der Waals surface area contributed by atoms with Crippen LogP contribution in [0.15, 0.2) is 6.07 Å².